The van der Waals surface area contributed by atoms with E-state index in [1.54, 1.807) is 22.5 Å². The van der Waals surface area contributed by atoms with Crippen molar-refractivity contribution in [2.75, 3.05) is 13.1 Å². The minimum absolute atomic E-state index is 0.128. The molecule has 0 saturated heterocycles. The Kier molecular flexibility index (Phi) is 9.14. The van der Waals surface area contributed by atoms with Gasteiger partial charge in [-0.1, -0.05) is 60.1 Å². The normalized spacial score (nSPS) is 12.3. The van der Waals surface area contributed by atoms with E-state index >= 15 is 0 Å². The molecule has 0 spiro atoms. The largest absolute Gasteiger partial charge is 0.465 e. The number of carboxylic acid groups (broad SMARTS) is 1. The highest BCUT2D eigenvalue weighted by molar-refractivity contribution is 5.94. The van der Waals surface area contributed by atoms with Crippen molar-refractivity contribution < 1.29 is 19.2 Å². The number of benzene rings is 2. The lowest BCUT2D eigenvalue weighted by atomic mass is 10.0. The fourth-order valence-corrected chi connectivity index (χ4v) is 5.26. The first-order valence-corrected chi connectivity index (χ1v) is 14.2. The van der Waals surface area contributed by atoms with Crippen molar-refractivity contribution in [1.29, 1.82) is 0 Å². The molecule has 2 aromatic heterocycles. The van der Waals surface area contributed by atoms with E-state index < -0.39 is 17.7 Å². The first-order chi connectivity index (χ1) is 19.9. The molecular formula is C32H39N5O5. The highest BCUT2D eigenvalue weighted by Gasteiger charge is 2.32. The molecule has 1 atom stereocenters. The Morgan fingerprint density at radius 1 is 1.05 bits per heavy atom. The summed E-state index contributed by atoms with van der Waals surface area (Å²) in [6.45, 7) is 11.8. The molecule has 0 radical (unpaired) electrons. The molecule has 0 bridgehead atoms. The molecule has 0 aliphatic rings. The zero-order valence-corrected chi connectivity index (χ0v) is 25.1. The Morgan fingerprint density at radius 3 is 2.38 bits per heavy atom. The number of amides is 2. The Morgan fingerprint density at radius 2 is 1.76 bits per heavy atom. The number of carbonyl (C=O) groups excluding carboxylic acids is 1. The zero-order chi connectivity index (χ0) is 30.6. The van der Waals surface area contributed by atoms with E-state index in [4.69, 9.17) is 9.51 Å². The van der Waals surface area contributed by atoms with Crippen LogP contribution in [0.1, 0.15) is 79.6 Å². The number of hydrogen-bond donors (Lipinski definition) is 1. The molecule has 10 nitrogen and oxygen atoms in total. The van der Waals surface area contributed by atoms with Crippen LogP contribution >= 0.6 is 0 Å². The zero-order valence-electron chi connectivity index (χ0n) is 25.1. The van der Waals surface area contributed by atoms with E-state index in [1.807, 2.05) is 83.1 Å². The average Bonchev–Trinajstić information content (AvgIpc) is 3.31. The molecule has 0 aliphatic carbocycles. The minimum atomic E-state index is -1.02. The van der Waals surface area contributed by atoms with Crippen LogP contribution < -0.4 is 5.56 Å². The molecule has 10 heteroatoms. The van der Waals surface area contributed by atoms with Gasteiger partial charge in [-0.3, -0.25) is 14.2 Å². The van der Waals surface area contributed by atoms with Gasteiger partial charge in [-0.25, -0.2) is 4.79 Å². The Hall–Kier alpha value is -4.47. The molecule has 0 aliphatic heterocycles. The molecule has 1 unspecified atom stereocenters. The van der Waals surface area contributed by atoms with Crippen LogP contribution in [0.2, 0.25) is 0 Å². The summed E-state index contributed by atoms with van der Waals surface area (Å²) < 4.78 is 7.04. The van der Waals surface area contributed by atoms with Crippen molar-refractivity contribution in [2.24, 2.45) is 0 Å². The lowest BCUT2D eigenvalue weighted by Gasteiger charge is -2.35. The van der Waals surface area contributed by atoms with Gasteiger partial charge in [-0.2, -0.15) is 4.98 Å². The second kappa shape index (κ2) is 12.6. The van der Waals surface area contributed by atoms with Gasteiger partial charge in [0.25, 0.3) is 17.2 Å². The maximum absolute atomic E-state index is 14.1. The van der Waals surface area contributed by atoms with Crippen LogP contribution in [0, 0.1) is 13.8 Å². The van der Waals surface area contributed by atoms with Crippen LogP contribution in [-0.2, 0) is 6.54 Å². The van der Waals surface area contributed by atoms with E-state index in [9.17, 15) is 19.5 Å². The Labute approximate surface area is 245 Å². The highest BCUT2D eigenvalue weighted by Crippen LogP contribution is 2.28. The smallest absolute Gasteiger partial charge is 0.407 e. The van der Waals surface area contributed by atoms with E-state index in [0.29, 0.717) is 35.3 Å². The summed E-state index contributed by atoms with van der Waals surface area (Å²) in [5.74, 6) is 0.166. The van der Waals surface area contributed by atoms with Crippen LogP contribution in [0.4, 0.5) is 4.79 Å². The number of hydrogen-bond acceptors (Lipinski definition) is 6. The summed E-state index contributed by atoms with van der Waals surface area (Å²) in [4.78, 5) is 47.9. The molecule has 42 heavy (non-hydrogen) atoms. The van der Waals surface area contributed by atoms with Crippen molar-refractivity contribution in [2.45, 2.75) is 72.5 Å². The van der Waals surface area contributed by atoms with Crippen LogP contribution in [0.3, 0.4) is 0 Å². The van der Waals surface area contributed by atoms with Gasteiger partial charge in [-0.05, 0) is 65.2 Å². The first kappa shape index (κ1) is 30.5. The summed E-state index contributed by atoms with van der Waals surface area (Å²) in [6, 6.07) is 16.3. The van der Waals surface area contributed by atoms with Gasteiger partial charge in [0.15, 0.2) is 0 Å². The van der Waals surface area contributed by atoms with Crippen LogP contribution in [0.25, 0.3) is 11.1 Å². The summed E-state index contributed by atoms with van der Waals surface area (Å²) in [5.41, 5.74) is 2.04. The first-order valence-electron chi connectivity index (χ1n) is 14.2. The topological polar surface area (TPSA) is 122 Å². The van der Waals surface area contributed by atoms with Gasteiger partial charge in [-0.15, -0.1) is 0 Å². The maximum Gasteiger partial charge on any atom is 0.407 e. The fraction of sp³-hybridized carbons (Fsp3) is 0.406. The number of aromatic nitrogens is 3. The summed E-state index contributed by atoms with van der Waals surface area (Å²) >= 11 is 0. The molecule has 2 amide bonds. The predicted molar refractivity (Wildman–Crippen MR) is 161 cm³/mol. The highest BCUT2D eigenvalue weighted by atomic mass is 16.5. The SMILES string of the molecule is CCC(c1nc2onc(C)c2c(=O)n1Cc1ccccc1)N(CCCN(C(=O)O)C(C)(C)C)C(=O)c1cccc(C)c1. The number of aryl methyl sites for hydroxylation is 2. The van der Waals surface area contributed by atoms with Crippen LogP contribution in [0.5, 0.6) is 0 Å². The Balaban J connectivity index is 1.82. The summed E-state index contributed by atoms with van der Waals surface area (Å²) in [7, 11) is 0. The molecule has 222 valence electrons. The Bertz CT molecular complexity index is 1620. The number of rotatable bonds is 10. The third-order valence-electron chi connectivity index (χ3n) is 7.39. The second-order valence-corrected chi connectivity index (χ2v) is 11.5. The minimum Gasteiger partial charge on any atom is -0.465 e. The lowest BCUT2D eigenvalue weighted by Crippen LogP contribution is -2.46. The molecule has 0 fully saturated rings. The van der Waals surface area contributed by atoms with Gasteiger partial charge in [0.05, 0.1) is 18.3 Å². The van der Waals surface area contributed by atoms with Crippen molar-refractivity contribution in [3.05, 3.63) is 93.2 Å². The number of fused-ring (bicyclic) bond motifs is 1. The predicted octanol–water partition coefficient (Wildman–Crippen LogP) is 5.81. The van der Waals surface area contributed by atoms with Gasteiger partial charge in [0, 0.05) is 24.2 Å². The standard InChI is InChI=1S/C32H39N5O5/c1-7-25(27-33-28-26(22(3)34-42-28)30(39)36(27)20-23-14-9-8-10-15-23)35(29(38)24-16-11-13-21(2)19-24)17-12-18-37(31(40)41)32(4,5)6/h8-11,13-16,19,25H,7,12,17-18,20H2,1-6H3,(H,40,41). The molecule has 0 saturated carbocycles. The molecule has 4 rings (SSSR count). The average molecular weight is 574 g/mol. The van der Waals surface area contributed by atoms with Crippen molar-refractivity contribution in [3.63, 3.8) is 0 Å². The van der Waals surface area contributed by atoms with E-state index in [0.717, 1.165) is 11.1 Å². The number of nitrogens with zero attached hydrogens (tertiary/aromatic N) is 5. The third-order valence-corrected chi connectivity index (χ3v) is 7.39. The quantitative estimate of drug-likeness (QED) is 0.254. The summed E-state index contributed by atoms with van der Waals surface area (Å²) in [5, 5.41) is 14.1. The van der Waals surface area contributed by atoms with E-state index in [-0.39, 0.29) is 36.8 Å². The fourth-order valence-electron chi connectivity index (χ4n) is 5.26. The molecule has 4 aromatic rings. The van der Waals surface area contributed by atoms with Gasteiger partial charge in [0.2, 0.25) is 0 Å². The third kappa shape index (κ3) is 6.53. The van der Waals surface area contributed by atoms with E-state index in [2.05, 4.69) is 5.16 Å². The number of carbonyl (C=O) groups is 2. The van der Waals surface area contributed by atoms with Gasteiger partial charge in [0.1, 0.15) is 11.2 Å². The molecule has 1 N–H and O–H groups in total. The lowest BCUT2D eigenvalue weighted by molar-refractivity contribution is 0.0628. The monoisotopic (exact) mass is 573 g/mol. The second-order valence-electron chi connectivity index (χ2n) is 11.5. The molecule has 2 heterocycles. The molecular weight excluding hydrogens is 534 g/mol. The maximum atomic E-state index is 14.1. The van der Waals surface area contributed by atoms with Gasteiger partial charge >= 0.3 is 6.09 Å². The van der Waals surface area contributed by atoms with Crippen LogP contribution in [0.15, 0.2) is 63.9 Å². The van der Waals surface area contributed by atoms with Crippen molar-refractivity contribution >= 4 is 23.1 Å². The van der Waals surface area contributed by atoms with Crippen molar-refractivity contribution in [3.8, 4) is 0 Å². The van der Waals surface area contributed by atoms with Crippen LogP contribution in [-0.4, -0.2) is 60.2 Å². The summed E-state index contributed by atoms with van der Waals surface area (Å²) in [6.07, 6.45) is -0.167. The van der Waals surface area contributed by atoms with Gasteiger partial charge < -0.3 is 19.4 Å². The van der Waals surface area contributed by atoms with Crippen molar-refractivity contribution in [1.82, 2.24) is 24.5 Å². The molecule has 2 aromatic carbocycles. The van der Waals surface area contributed by atoms with E-state index in [1.165, 1.54) is 4.90 Å².